The van der Waals surface area contributed by atoms with Gasteiger partial charge in [-0.3, -0.25) is 0 Å². The van der Waals surface area contributed by atoms with E-state index < -0.39 is 26.7 Å². The van der Waals surface area contributed by atoms with E-state index in [0.29, 0.717) is 24.3 Å². The molecule has 0 aliphatic heterocycles. The predicted molar refractivity (Wildman–Crippen MR) is 44.4 cm³/mol. The van der Waals surface area contributed by atoms with Crippen LogP contribution in [0.4, 0.5) is 13.2 Å². The van der Waals surface area contributed by atoms with E-state index in [9.17, 15) is 26.5 Å². The SMILES string of the molecule is O=NS(=O)(=O)c1ccc(C(F)(F)F)cc1. The van der Waals surface area contributed by atoms with Crippen molar-refractivity contribution in [3.05, 3.63) is 34.7 Å². The molecule has 82 valence electrons. The second-order valence-electron chi connectivity index (χ2n) is 2.57. The van der Waals surface area contributed by atoms with Crippen LogP contribution in [0.25, 0.3) is 0 Å². The number of sulfonamides is 1. The fraction of sp³-hybridized carbons (Fsp3) is 0.143. The van der Waals surface area contributed by atoms with Gasteiger partial charge in [-0.15, -0.1) is 4.91 Å². The zero-order valence-corrected chi connectivity index (χ0v) is 7.84. The number of hydrogen-bond acceptors (Lipinski definition) is 3. The molecule has 15 heavy (non-hydrogen) atoms. The fourth-order valence-electron chi connectivity index (χ4n) is 0.859. The quantitative estimate of drug-likeness (QED) is 0.743. The Morgan fingerprint density at radius 1 is 1.07 bits per heavy atom. The average Bonchev–Trinajstić information content (AvgIpc) is 2.17. The van der Waals surface area contributed by atoms with Crippen LogP contribution in [0.5, 0.6) is 0 Å². The molecule has 0 aliphatic rings. The molecule has 0 aromatic heterocycles. The van der Waals surface area contributed by atoms with Gasteiger partial charge >= 0.3 is 16.2 Å². The van der Waals surface area contributed by atoms with Gasteiger partial charge in [0.2, 0.25) is 0 Å². The monoisotopic (exact) mass is 239 g/mol. The van der Waals surface area contributed by atoms with E-state index in [4.69, 9.17) is 0 Å². The molecule has 0 heterocycles. The summed E-state index contributed by atoms with van der Waals surface area (Å²) >= 11 is 0. The Morgan fingerprint density at radius 3 is 1.87 bits per heavy atom. The van der Waals surface area contributed by atoms with Crippen LogP contribution < -0.4 is 0 Å². The topological polar surface area (TPSA) is 63.6 Å². The van der Waals surface area contributed by atoms with E-state index in [1.807, 2.05) is 4.58 Å². The highest BCUT2D eigenvalue weighted by atomic mass is 32.2. The average molecular weight is 239 g/mol. The van der Waals surface area contributed by atoms with Gasteiger partial charge in [-0.25, -0.2) is 0 Å². The molecule has 0 bridgehead atoms. The molecule has 0 saturated carbocycles. The van der Waals surface area contributed by atoms with Crippen LogP contribution in [0.15, 0.2) is 33.7 Å². The van der Waals surface area contributed by atoms with E-state index in [1.54, 1.807) is 0 Å². The minimum Gasteiger partial charge on any atom is -0.196 e. The van der Waals surface area contributed by atoms with Crippen LogP contribution >= 0.6 is 0 Å². The number of benzene rings is 1. The maximum Gasteiger partial charge on any atom is 0.416 e. The zero-order chi connectivity index (χ0) is 11.7. The molecular weight excluding hydrogens is 235 g/mol. The van der Waals surface area contributed by atoms with Crippen LogP contribution in [0.1, 0.15) is 5.56 Å². The van der Waals surface area contributed by atoms with Crippen molar-refractivity contribution in [2.75, 3.05) is 0 Å². The predicted octanol–water partition coefficient (Wildman–Crippen LogP) is 2.16. The van der Waals surface area contributed by atoms with E-state index in [0.717, 1.165) is 0 Å². The summed E-state index contributed by atoms with van der Waals surface area (Å²) in [6, 6.07) is 2.50. The van der Waals surface area contributed by atoms with Crippen LogP contribution in [0.2, 0.25) is 0 Å². The molecule has 0 aliphatic carbocycles. The summed E-state index contributed by atoms with van der Waals surface area (Å²) in [5.41, 5.74) is -0.993. The lowest BCUT2D eigenvalue weighted by Crippen LogP contribution is -2.05. The Hall–Kier alpha value is -1.44. The Labute approximate surface area is 82.7 Å². The molecule has 1 aromatic rings. The summed E-state index contributed by atoms with van der Waals surface area (Å²) < 4.78 is 59.6. The van der Waals surface area contributed by atoms with Crippen molar-refractivity contribution in [3.8, 4) is 0 Å². The summed E-state index contributed by atoms with van der Waals surface area (Å²) in [6.07, 6.45) is -4.54. The lowest BCUT2D eigenvalue weighted by molar-refractivity contribution is -0.137. The van der Waals surface area contributed by atoms with E-state index >= 15 is 0 Å². The van der Waals surface area contributed by atoms with Gasteiger partial charge in [0.05, 0.1) is 15.0 Å². The molecule has 8 heteroatoms. The third-order valence-electron chi connectivity index (χ3n) is 1.58. The first-order valence-electron chi connectivity index (χ1n) is 3.54. The lowest BCUT2D eigenvalue weighted by atomic mass is 10.2. The van der Waals surface area contributed by atoms with Crippen molar-refractivity contribution < 1.29 is 21.6 Å². The molecular formula is C7H4F3NO3S. The van der Waals surface area contributed by atoms with Crippen LogP contribution in [0, 0.1) is 4.91 Å². The maximum absolute atomic E-state index is 12.1. The third kappa shape index (κ3) is 2.52. The van der Waals surface area contributed by atoms with Gasteiger partial charge in [0.15, 0.2) is 0 Å². The van der Waals surface area contributed by atoms with Crippen molar-refractivity contribution in [3.63, 3.8) is 0 Å². The number of alkyl halides is 3. The zero-order valence-electron chi connectivity index (χ0n) is 7.02. The highest BCUT2D eigenvalue weighted by Crippen LogP contribution is 2.29. The first kappa shape index (κ1) is 11.6. The second-order valence-corrected chi connectivity index (χ2v) is 4.14. The van der Waals surface area contributed by atoms with Crippen molar-refractivity contribution in [1.82, 2.24) is 0 Å². The summed E-state index contributed by atoms with van der Waals surface area (Å²) in [7, 11) is -4.36. The summed E-state index contributed by atoms with van der Waals surface area (Å²) in [6.45, 7) is 0. The lowest BCUT2D eigenvalue weighted by Gasteiger charge is -2.05. The van der Waals surface area contributed by atoms with Crippen LogP contribution in [-0.2, 0) is 16.2 Å². The molecule has 0 atom stereocenters. The van der Waals surface area contributed by atoms with Gasteiger partial charge in [0, 0.05) is 0 Å². The van der Waals surface area contributed by atoms with Gasteiger partial charge in [-0.1, -0.05) is 0 Å². The minimum absolute atomic E-state index is 0.564. The molecule has 0 saturated heterocycles. The minimum atomic E-state index is -4.54. The fourth-order valence-corrected chi connectivity index (χ4v) is 1.43. The smallest absolute Gasteiger partial charge is 0.196 e. The first-order valence-corrected chi connectivity index (χ1v) is 4.98. The van der Waals surface area contributed by atoms with E-state index in [1.165, 1.54) is 0 Å². The number of nitrogens with zero attached hydrogens (tertiary/aromatic N) is 1. The second kappa shape index (κ2) is 3.61. The van der Waals surface area contributed by atoms with Crippen molar-refractivity contribution in [2.45, 2.75) is 11.1 Å². The van der Waals surface area contributed by atoms with Gasteiger partial charge in [0.25, 0.3) is 0 Å². The maximum atomic E-state index is 12.1. The Balaban J connectivity index is 3.17. The molecule has 0 amide bonds. The van der Waals surface area contributed by atoms with Crippen molar-refractivity contribution in [2.24, 2.45) is 4.58 Å². The van der Waals surface area contributed by atoms with Gasteiger partial charge in [-0.05, 0) is 24.3 Å². The molecule has 0 unspecified atom stereocenters. The van der Waals surface area contributed by atoms with Crippen molar-refractivity contribution in [1.29, 1.82) is 0 Å². The van der Waals surface area contributed by atoms with Crippen molar-refractivity contribution >= 4 is 10.0 Å². The molecule has 4 nitrogen and oxygen atoms in total. The molecule has 1 aromatic carbocycles. The van der Waals surface area contributed by atoms with Crippen LogP contribution in [-0.4, -0.2) is 8.42 Å². The molecule has 0 fully saturated rings. The summed E-state index contributed by atoms with van der Waals surface area (Å²) in [4.78, 5) is 9.28. The molecule has 0 radical (unpaired) electrons. The largest absolute Gasteiger partial charge is 0.416 e. The Kier molecular flexibility index (Phi) is 2.80. The van der Waals surface area contributed by atoms with Gasteiger partial charge < -0.3 is 0 Å². The standard InChI is InChI=1S/C7H4F3NO3S/c8-7(9,10)5-1-3-6(4-2-5)15(13,14)11-12/h1-4H. The molecule has 0 N–H and O–H groups in total. The summed E-state index contributed by atoms with van der Waals surface area (Å²) in [5.74, 6) is 0. The summed E-state index contributed by atoms with van der Waals surface area (Å²) in [5, 5.41) is 0. The highest BCUT2D eigenvalue weighted by Gasteiger charge is 2.30. The Morgan fingerprint density at radius 2 is 1.53 bits per heavy atom. The molecule has 0 spiro atoms. The third-order valence-corrected chi connectivity index (χ3v) is 2.64. The first-order chi connectivity index (χ1) is 6.77. The van der Waals surface area contributed by atoms with Gasteiger partial charge in [-0.2, -0.15) is 21.6 Å². The van der Waals surface area contributed by atoms with Gasteiger partial charge in [0.1, 0.15) is 0 Å². The number of halogens is 3. The normalized spacial score (nSPS) is 12.5. The van der Waals surface area contributed by atoms with Crippen LogP contribution in [0.3, 0.4) is 0 Å². The molecule has 1 rings (SSSR count). The Bertz CT molecular complexity index is 463. The number of nitroso groups, excluding NO2 is 1. The number of hydrogen-bond donors (Lipinski definition) is 0. The van der Waals surface area contributed by atoms with E-state index in [2.05, 4.69) is 0 Å². The highest BCUT2D eigenvalue weighted by molar-refractivity contribution is 7.90. The number of rotatable bonds is 2. The van der Waals surface area contributed by atoms with E-state index in [-0.39, 0.29) is 0 Å².